The zero-order valence-corrected chi connectivity index (χ0v) is 14.2. The molecule has 1 aromatic heterocycles. The Morgan fingerprint density at radius 1 is 1.12 bits per heavy atom. The van der Waals surface area contributed by atoms with E-state index in [1.165, 1.54) is 0 Å². The molecule has 1 aliphatic heterocycles. The largest absolute Gasteiger partial charge is 0.372 e. The van der Waals surface area contributed by atoms with E-state index >= 15 is 0 Å². The first-order valence-corrected chi connectivity index (χ1v) is 8.35. The molecule has 2 aromatic carbocycles. The van der Waals surface area contributed by atoms with Crippen molar-refractivity contribution in [1.82, 2.24) is 14.9 Å². The van der Waals surface area contributed by atoms with Crippen molar-refractivity contribution in [1.29, 1.82) is 0 Å². The monoisotopic (exact) mass is 336 g/mol. The van der Waals surface area contributed by atoms with Crippen LogP contribution in [0.15, 0.2) is 47.3 Å². The summed E-state index contributed by atoms with van der Waals surface area (Å²) in [5.41, 5.74) is 3.70. The van der Waals surface area contributed by atoms with Crippen LogP contribution in [-0.4, -0.2) is 40.4 Å². The van der Waals surface area contributed by atoms with E-state index in [1.807, 2.05) is 24.1 Å². The van der Waals surface area contributed by atoms with Crippen LogP contribution < -0.4 is 10.6 Å². The van der Waals surface area contributed by atoms with Gasteiger partial charge < -0.3 is 19.8 Å². The number of rotatable bonds is 1. The van der Waals surface area contributed by atoms with Crippen molar-refractivity contribution >= 4 is 22.6 Å². The summed E-state index contributed by atoms with van der Waals surface area (Å²) in [7, 11) is 2.05. The number of aromatic amines is 2. The van der Waals surface area contributed by atoms with Crippen LogP contribution in [0.5, 0.6) is 0 Å². The Hall–Kier alpha value is -3.02. The standard InChI is InChI=1S/C19H20N4O2/c1-12-10-22(2)16-9-4-3-6-13(16)11-23(12)18(24)14-7-5-8-15-17(14)21-19(25)20-15/h3-9,12H,10-11H2,1-2H3,(H2,20,21,25)/t12-/m0/s1. The van der Waals surface area contributed by atoms with E-state index < -0.39 is 0 Å². The van der Waals surface area contributed by atoms with Crippen molar-refractivity contribution in [2.75, 3.05) is 18.5 Å². The maximum Gasteiger partial charge on any atom is 0.323 e. The van der Waals surface area contributed by atoms with Crippen molar-refractivity contribution in [2.45, 2.75) is 19.5 Å². The maximum absolute atomic E-state index is 13.3. The number of nitrogens with zero attached hydrogens (tertiary/aromatic N) is 2. The zero-order valence-electron chi connectivity index (χ0n) is 14.2. The third-order valence-corrected chi connectivity index (χ3v) is 4.86. The van der Waals surface area contributed by atoms with Crippen molar-refractivity contribution in [3.63, 3.8) is 0 Å². The molecule has 25 heavy (non-hydrogen) atoms. The SMILES string of the molecule is C[C@H]1CN(C)c2ccccc2CN1C(=O)c1cccc2[nH]c(=O)[nH]c12. The summed E-state index contributed by atoms with van der Waals surface area (Å²) in [6.07, 6.45) is 0. The molecule has 3 aromatic rings. The number of para-hydroxylation sites is 2. The number of hydrogen-bond acceptors (Lipinski definition) is 3. The van der Waals surface area contributed by atoms with Gasteiger partial charge in [0.05, 0.1) is 16.6 Å². The minimum Gasteiger partial charge on any atom is -0.372 e. The van der Waals surface area contributed by atoms with Gasteiger partial charge in [0, 0.05) is 31.9 Å². The number of benzene rings is 2. The second-order valence-corrected chi connectivity index (χ2v) is 6.60. The van der Waals surface area contributed by atoms with E-state index in [2.05, 4.69) is 33.9 Å². The predicted octanol–water partition coefficient (Wildman–Crippen LogP) is 2.34. The minimum atomic E-state index is -0.302. The van der Waals surface area contributed by atoms with Gasteiger partial charge in [-0.15, -0.1) is 0 Å². The van der Waals surface area contributed by atoms with E-state index in [1.54, 1.807) is 18.2 Å². The van der Waals surface area contributed by atoms with Gasteiger partial charge in [-0.1, -0.05) is 24.3 Å². The number of nitrogens with one attached hydrogen (secondary N) is 2. The Morgan fingerprint density at radius 2 is 1.92 bits per heavy atom. The summed E-state index contributed by atoms with van der Waals surface area (Å²) in [5, 5.41) is 0. The highest BCUT2D eigenvalue weighted by atomic mass is 16.2. The van der Waals surface area contributed by atoms with Gasteiger partial charge in [0.15, 0.2) is 0 Å². The first kappa shape index (κ1) is 15.5. The number of imidazole rings is 1. The summed E-state index contributed by atoms with van der Waals surface area (Å²) in [5.74, 6) is -0.0709. The highest BCUT2D eigenvalue weighted by Gasteiger charge is 2.28. The predicted molar refractivity (Wildman–Crippen MR) is 98.0 cm³/mol. The first-order valence-electron chi connectivity index (χ1n) is 8.35. The Morgan fingerprint density at radius 3 is 2.76 bits per heavy atom. The fourth-order valence-corrected chi connectivity index (χ4v) is 3.61. The molecule has 0 fully saturated rings. The van der Waals surface area contributed by atoms with Gasteiger partial charge in [-0.25, -0.2) is 4.79 Å². The highest BCUT2D eigenvalue weighted by molar-refractivity contribution is 6.05. The molecule has 2 N–H and O–H groups in total. The molecule has 0 radical (unpaired) electrons. The number of carbonyl (C=O) groups excluding carboxylic acids is 1. The van der Waals surface area contributed by atoms with Gasteiger partial charge >= 0.3 is 5.69 Å². The van der Waals surface area contributed by atoms with Crippen LogP contribution in [0.4, 0.5) is 5.69 Å². The van der Waals surface area contributed by atoms with Crippen LogP contribution in [0, 0.1) is 0 Å². The summed E-state index contributed by atoms with van der Waals surface area (Å²) < 4.78 is 0. The first-order chi connectivity index (χ1) is 12.0. The van der Waals surface area contributed by atoms with Crippen molar-refractivity contribution in [3.8, 4) is 0 Å². The number of anilines is 1. The summed E-state index contributed by atoms with van der Waals surface area (Å²) in [6, 6.07) is 13.6. The van der Waals surface area contributed by atoms with E-state index in [4.69, 9.17) is 0 Å². The zero-order chi connectivity index (χ0) is 17.6. The van der Waals surface area contributed by atoms with E-state index in [-0.39, 0.29) is 17.6 Å². The van der Waals surface area contributed by atoms with Gasteiger partial charge in [0.2, 0.25) is 0 Å². The molecule has 2 heterocycles. The van der Waals surface area contributed by atoms with Crippen LogP contribution in [0.3, 0.4) is 0 Å². The molecule has 0 aliphatic carbocycles. The number of aromatic nitrogens is 2. The molecule has 6 heteroatoms. The number of fused-ring (bicyclic) bond motifs is 2. The van der Waals surface area contributed by atoms with Crippen LogP contribution in [-0.2, 0) is 6.54 Å². The second kappa shape index (κ2) is 5.81. The molecule has 6 nitrogen and oxygen atoms in total. The summed E-state index contributed by atoms with van der Waals surface area (Å²) in [4.78, 5) is 34.4. The lowest BCUT2D eigenvalue weighted by Crippen LogP contribution is -2.42. The van der Waals surface area contributed by atoms with Crippen molar-refractivity contribution < 1.29 is 4.79 Å². The van der Waals surface area contributed by atoms with Crippen LogP contribution >= 0.6 is 0 Å². The lowest BCUT2D eigenvalue weighted by molar-refractivity contribution is 0.0689. The van der Waals surface area contributed by atoms with Crippen molar-refractivity contribution in [3.05, 3.63) is 64.1 Å². The minimum absolute atomic E-state index is 0.0471. The molecule has 0 saturated carbocycles. The molecule has 0 bridgehead atoms. The van der Waals surface area contributed by atoms with Crippen molar-refractivity contribution in [2.24, 2.45) is 0 Å². The molecule has 0 saturated heterocycles. The molecular weight excluding hydrogens is 316 g/mol. The van der Waals surface area contributed by atoms with Crippen LogP contribution in [0.2, 0.25) is 0 Å². The van der Waals surface area contributed by atoms with Gasteiger partial charge in [0.25, 0.3) is 5.91 Å². The van der Waals surface area contributed by atoms with E-state index in [0.29, 0.717) is 23.1 Å². The summed E-state index contributed by atoms with van der Waals surface area (Å²) >= 11 is 0. The lowest BCUT2D eigenvalue weighted by atomic mass is 10.1. The van der Waals surface area contributed by atoms with Gasteiger partial charge in [-0.2, -0.15) is 0 Å². The average molecular weight is 336 g/mol. The van der Waals surface area contributed by atoms with Crippen LogP contribution in [0.1, 0.15) is 22.8 Å². The number of amides is 1. The highest BCUT2D eigenvalue weighted by Crippen LogP contribution is 2.27. The fraction of sp³-hybridized carbons (Fsp3) is 0.263. The number of hydrogen-bond donors (Lipinski definition) is 2. The molecule has 0 spiro atoms. The Bertz CT molecular complexity index is 1000. The molecule has 128 valence electrons. The lowest BCUT2D eigenvalue weighted by Gasteiger charge is -2.28. The third-order valence-electron chi connectivity index (χ3n) is 4.86. The topological polar surface area (TPSA) is 72.2 Å². The molecule has 4 rings (SSSR count). The molecule has 1 aliphatic rings. The van der Waals surface area contributed by atoms with E-state index in [9.17, 15) is 9.59 Å². The van der Waals surface area contributed by atoms with Crippen LogP contribution in [0.25, 0.3) is 11.0 Å². The fourth-order valence-electron chi connectivity index (χ4n) is 3.61. The van der Waals surface area contributed by atoms with Gasteiger partial charge in [0.1, 0.15) is 0 Å². The Kier molecular flexibility index (Phi) is 3.60. The smallest absolute Gasteiger partial charge is 0.323 e. The molecule has 1 amide bonds. The average Bonchev–Trinajstić information content (AvgIpc) is 2.93. The van der Waals surface area contributed by atoms with E-state index in [0.717, 1.165) is 17.8 Å². The summed E-state index contributed by atoms with van der Waals surface area (Å²) in [6.45, 7) is 3.36. The molecular formula is C19H20N4O2. The van der Waals surface area contributed by atoms with Gasteiger partial charge in [-0.05, 0) is 30.7 Å². The van der Waals surface area contributed by atoms with Gasteiger partial charge in [-0.3, -0.25) is 4.79 Å². The normalized spacial score (nSPS) is 17.4. The molecule has 0 unspecified atom stereocenters. The number of H-pyrrole nitrogens is 2. The Labute approximate surface area is 145 Å². The molecule has 1 atom stereocenters. The number of carbonyl (C=O) groups is 1. The third kappa shape index (κ3) is 2.59. The maximum atomic E-state index is 13.3. The quantitative estimate of drug-likeness (QED) is 0.716. The Balaban J connectivity index is 1.77. The second-order valence-electron chi connectivity index (χ2n) is 6.60. The number of likely N-dealkylation sites (N-methyl/N-ethyl adjacent to an activating group) is 1.